The number of rotatable bonds is 4. The number of benzene rings is 1. The first kappa shape index (κ1) is 15.4. The van der Waals surface area contributed by atoms with Gasteiger partial charge in [-0.2, -0.15) is 13.2 Å². The second kappa shape index (κ2) is 6.17. The summed E-state index contributed by atoms with van der Waals surface area (Å²) >= 11 is 1.09. The maximum absolute atomic E-state index is 12.8. The maximum Gasteiger partial charge on any atom is 0.418 e. The zero-order valence-electron chi connectivity index (χ0n) is 10.9. The van der Waals surface area contributed by atoms with E-state index in [1.165, 1.54) is 24.5 Å². The fraction of sp³-hybridized carbons (Fsp3) is 0.250. The predicted molar refractivity (Wildman–Crippen MR) is 71.8 cm³/mol. The number of halogens is 3. The lowest BCUT2D eigenvalue weighted by Gasteiger charge is -2.13. The van der Waals surface area contributed by atoms with E-state index in [1.807, 2.05) is 0 Å². The zero-order valence-corrected chi connectivity index (χ0v) is 11.7. The molecule has 0 aliphatic carbocycles. The standard InChI is InChI=1S/C12H11F3N4OS/c1-19-7-16-18-11(19)21-6-10(20)17-9-5-3-2-4-8(9)12(13,14)15/h2-5,7H,6H2,1H3,(H,17,20). The van der Waals surface area contributed by atoms with Crippen molar-refractivity contribution in [2.24, 2.45) is 7.05 Å². The van der Waals surface area contributed by atoms with Gasteiger partial charge in [0.05, 0.1) is 17.0 Å². The van der Waals surface area contributed by atoms with Crippen LogP contribution in [0.5, 0.6) is 0 Å². The van der Waals surface area contributed by atoms with Crippen molar-refractivity contribution in [3.8, 4) is 0 Å². The number of thioether (sulfide) groups is 1. The van der Waals surface area contributed by atoms with Crippen LogP contribution >= 0.6 is 11.8 Å². The highest BCUT2D eigenvalue weighted by atomic mass is 32.2. The normalized spacial score (nSPS) is 11.4. The van der Waals surface area contributed by atoms with Gasteiger partial charge >= 0.3 is 6.18 Å². The van der Waals surface area contributed by atoms with Crippen molar-refractivity contribution in [3.63, 3.8) is 0 Å². The third kappa shape index (κ3) is 3.97. The van der Waals surface area contributed by atoms with Gasteiger partial charge in [0.15, 0.2) is 5.16 Å². The molecule has 2 rings (SSSR count). The summed E-state index contributed by atoms with van der Waals surface area (Å²) in [6.07, 6.45) is -3.04. The second-order valence-electron chi connectivity index (χ2n) is 4.10. The zero-order chi connectivity index (χ0) is 15.5. The van der Waals surface area contributed by atoms with E-state index in [0.717, 1.165) is 17.8 Å². The molecule has 0 atom stereocenters. The Hall–Kier alpha value is -2.03. The van der Waals surface area contributed by atoms with E-state index in [9.17, 15) is 18.0 Å². The van der Waals surface area contributed by atoms with Gasteiger partial charge in [0.1, 0.15) is 6.33 Å². The van der Waals surface area contributed by atoms with Gasteiger partial charge < -0.3 is 9.88 Å². The highest BCUT2D eigenvalue weighted by molar-refractivity contribution is 7.99. The quantitative estimate of drug-likeness (QED) is 0.881. The van der Waals surface area contributed by atoms with Crippen molar-refractivity contribution < 1.29 is 18.0 Å². The van der Waals surface area contributed by atoms with Crippen LogP contribution in [0.3, 0.4) is 0 Å². The number of para-hydroxylation sites is 1. The van der Waals surface area contributed by atoms with E-state index in [-0.39, 0.29) is 11.4 Å². The third-order valence-electron chi connectivity index (χ3n) is 2.51. The van der Waals surface area contributed by atoms with Crippen molar-refractivity contribution in [2.75, 3.05) is 11.1 Å². The molecule has 9 heteroatoms. The lowest BCUT2D eigenvalue weighted by molar-refractivity contribution is -0.137. The van der Waals surface area contributed by atoms with Gasteiger partial charge in [-0.1, -0.05) is 23.9 Å². The molecule has 1 heterocycles. The van der Waals surface area contributed by atoms with Crippen LogP contribution in [-0.2, 0) is 18.0 Å². The van der Waals surface area contributed by atoms with E-state index < -0.39 is 17.6 Å². The van der Waals surface area contributed by atoms with Gasteiger partial charge in [-0.05, 0) is 12.1 Å². The van der Waals surface area contributed by atoms with Crippen molar-refractivity contribution >= 4 is 23.4 Å². The number of carbonyl (C=O) groups is 1. The number of alkyl halides is 3. The Morgan fingerprint density at radius 1 is 1.38 bits per heavy atom. The fourth-order valence-corrected chi connectivity index (χ4v) is 2.25. The molecule has 2 aromatic rings. The average molecular weight is 316 g/mol. The van der Waals surface area contributed by atoms with E-state index in [2.05, 4.69) is 15.5 Å². The van der Waals surface area contributed by atoms with E-state index >= 15 is 0 Å². The molecular weight excluding hydrogens is 305 g/mol. The Morgan fingerprint density at radius 2 is 2.10 bits per heavy atom. The molecule has 0 bridgehead atoms. The Kier molecular flexibility index (Phi) is 4.51. The summed E-state index contributed by atoms with van der Waals surface area (Å²) in [7, 11) is 1.71. The molecule has 1 amide bonds. The van der Waals surface area contributed by atoms with E-state index in [1.54, 1.807) is 11.6 Å². The van der Waals surface area contributed by atoms with Crippen molar-refractivity contribution in [1.29, 1.82) is 0 Å². The number of carbonyl (C=O) groups excluding carboxylic acids is 1. The van der Waals surface area contributed by atoms with Gasteiger partial charge in [-0.25, -0.2) is 0 Å². The van der Waals surface area contributed by atoms with Gasteiger partial charge in [-0.15, -0.1) is 10.2 Å². The van der Waals surface area contributed by atoms with Crippen LogP contribution in [0.4, 0.5) is 18.9 Å². The molecule has 21 heavy (non-hydrogen) atoms. The minimum atomic E-state index is -4.51. The molecule has 0 saturated heterocycles. The summed E-state index contributed by atoms with van der Waals surface area (Å²) in [5.74, 6) is -0.599. The predicted octanol–water partition coefficient (Wildman–Crippen LogP) is 2.56. The monoisotopic (exact) mass is 316 g/mol. The molecule has 0 aliphatic rings. The van der Waals surface area contributed by atoms with Gasteiger partial charge in [-0.3, -0.25) is 4.79 Å². The summed E-state index contributed by atoms with van der Waals surface area (Å²) in [5.41, 5.74) is -1.13. The highest BCUT2D eigenvalue weighted by Gasteiger charge is 2.33. The van der Waals surface area contributed by atoms with Gasteiger partial charge in [0, 0.05) is 7.05 Å². The molecule has 1 aromatic heterocycles. The summed E-state index contributed by atoms with van der Waals surface area (Å²) in [5, 5.41) is 10.2. The number of hydrogen-bond acceptors (Lipinski definition) is 4. The van der Waals surface area contributed by atoms with E-state index in [4.69, 9.17) is 0 Å². The topological polar surface area (TPSA) is 59.8 Å². The number of aromatic nitrogens is 3. The Balaban J connectivity index is 2.02. The Morgan fingerprint density at radius 3 is 2.71 bits per heavy atom. The molecule has 0 aliphatic heterocycles. The summed E-state index contributed by atoms with van der Waals surface area (Å²) in [4.78, 5) is 11.7. The smallest absolute Gasteiger partial charge is 0.325 e. The first-order chi connectivity index (χ1) is 9.88. The molecule has 0 radical (unpaired) electrons. The molecule has 0 spiro atoms. The van der Waals surface area contributed by atoms with Gasteiger partial charge in [0.2, 0.25) is 5.91 Å². The first-order valence-corrected chi connectivity index (χ1v) is 6.79. The van der Waals surface area contributed by atoms with Crippen LogP contribution in [-0.4, -0.2) is 26.4 Å². The average Bonchev–Trinajstić information content (AvgIpc) is 2.81. The molecule has 1 aromatic carbocycles. The van der Waals surface area contributed by atoms with Crippen LogP contribution in [0.1, 0.15) is 5.56 Å². The minimum absolute atomic E-state index is 0.0568. The van der Waals surface area contributed by atoms with Crippen LogP contribution in [0.2, 0.25) is 0 Å². The van der Waals surface area contributed by atoms with Gasteiger partial charge in [0.25, 0.3) is 0 Å². The van der Waals surface area contributed by atoms with Crippen LogP contribution < -0.4 is 5.32 Å². The first-order valence-electron chi connectivity index (χ1n) is 5.81. The third-order valence-corrected chi connectivity index (χ3v) is 3.54. The number of amides is 1. The molecule has 5 nitrogen and oxygen atoms in total. The molecule has 112 valence electrons. The number of nitrogens with one attached hydrogen (secondary N) is 1. The second-order valence-corrected chi connectivity index (χ2v) is 5.05. The van der Waals surface area contributed by atoms with Crippen molar-refractivity contribution in [3.05, 3.63) is 36.2 Å². The van der Waals surface area contributed by atoms with Crippen LogP contribution in [0, 0.1) is 0 Å². The summed E-state index contributed by atoms with van der Waals surface area (Å²) in [6.45, 7) is 0. The van der Waals surface area contributed by atoms with Crippen LogP contribution in [0.25, 0.3) is 0 Å². The molecule has 0 saturated carbocycles. The lowest BCUT2D eigenvalue weighted by Crippen LogP contribution is -2.18. The lowest BCUT2D eigenvalue weighted by atomic mass is 10.1. The minimum Gasteiger partial charge on any atom is -0.325 e. The molecule has 1 N–H and O–H groups in total. The SMILES string of the molecule is Cn1cnnc1SCC(=O)Nc1ccccc1C(F)(F)F. The van der Waals surface area contributed by atoms with Crippen LogP contribution in [0.15, 0.2) is 35.7 Å². The number of nitrogens with zero attached hydrogens (tertiary/aromatic N) is 3. The number of anilines is 1. The fourth-order valence-electron chi connectivity index (χ4n) is 1.56. The molecule has 0 fully saturated rings. The number of aryl methyl sites for hydroxylation is 1. The largest absolute Gasteiger partial charge is 0.418 e. The summed E-state index contributed by atoms with van der Waals surface area (Å²) in [6, 6.07) is 4.84. The molecule has 0 unspecified atom stereocenters. The maximum atomic E-state index is 12.8. The van der Waals surface area contributed by atoms with Crippen molar-refractivity contribution in [2.45, 2.75) is 11.3 Å². The Bertz CT molecular complexity index is 641. The van der Waals surface area contributed by atoms with E-state index in [0.29, 0.717) is 5.16 Å². The van der Waals surface area contributed by atoms with Crippen molar-refractivity contribution in [1.82, 2.24) is 14.8 Å². The summed E-state index contributed by atoms with van der Waals surface area (Å²) < 4.78 is 40.0. The number of hydrogen-bond donors (Lipinski definition) is 1. The highest BCUT2D eigenvalue weighted by Crippen LogP contribution is 2.34. The molecular formula is C12H11F3N4OS. The Labute approximate surface area is 122 Å².